The summed E-state index contributed by atoms with van der Waals surface area (Å²) in [5.74, 6) is 1.01. The molecule has 1 rings (SSSR count). The van der Waals surface area contributed by atoms with Crippen molar-refractivity contribution in [1.82, 2.24) is 15.1 Å². The zero-order chi connectivity index (χ0) is 20.0. The van der Waals surface area contributed by atoms with Crippen LogP contribution in [-0.2, 0) is 4.74 Å². The highest BCUT2D eigenvalue weighted by molar-refractivity contribution is 14.0. The number of guanidine groups is 1. The second-order valence-corrected chi connectivity index (χ2v) is 8.06. The molecule has 0 saturated carbocycles. The van der Waals surface area contributed by atoms with E-state index in [1.54, 1.807) is 21.1 Å². The first-order valence-electron chi connectivity index (χ1n) is 9.27. The Morgan fingerprint density at radius 2 is 1.96 bits per heavy atom. The zero-order valence-corrected chi connectivity index (χ0v) is 19.7. The van der Waals surface area contributed by atoms with Crippen molar-refractivity contribution >= 4 is 29.9 Å². The number of aliphatic imine (C=N–C) groups is 1. The van der Waals surface area contributed by atoms with Crippen molar-refractivity contribution in [2.45, 2.75) is 46.4 Å². The van der Waals surface area contributed by atoms with Crippen molar-refractivity contribution in [3.8, 4) is 0 Å². The van der Waals surface area contributed by atoms with Crippen molar-refractivity contribution in [2.75, 3.05) is 53.4 Å². The average Bonchev–Trinajstić information content (AvgIpc) is 2.96. The third-order valence-electron chi connectivity index (χ3n) is 4.86. The van der Waals surface area contributed by atoms with Crippen LogP contribution < -0.4 is 5.32 Å². The van der Waals surface area contributed by atoms with Gasteiger partial charge in [0.05, 0.1) is 12.6 Å². The number of halogens is 4. The summed E-state index contributed by atoms with van der Waals surface area (Å²) in [7, 11) is 3.43. The van der Waals surface area contributed by atoms with Gasteiger partial charge in [0.15, 0.2) is 5.96 Å². The molecular formula is C18H36F3IN4O. The van der Waals surface area contributed by atoms with Crippen LogP contribution in [0.4, 0.5) is 13.2 Å². The first-order chi connectivity index (χ1) is 12.0. The highest BCUT2D eigenvalue weighted by Gasteiger charge is 2.33. The van der Waals surface area contributed by atoms with E-state index in [0.717, 1.165) is 25.5 Å². The topological polar surface area (TPSA) is 40.1 Å². The Bertz CT molecular complexity index is 455. The van der Waals surface area contributed by atoms with Crippen LogP contribution in [0.5, 0.6) is 0 Å². The van der Waals surface area contributed by atoms with E-state index in [4.69, 9.17) is 4.74 Å². The van der Waals surface area contributed by atoms with Crippen LogP contribution in [0.2, 0.25) is 0 Å². The van der Waals surface area contributed by atoms with Crippen molar-refractivity contribution in [3.63, 3.8) is 0 Å². The normalized spacial score (nSPS) is 20.0. The summed E-state index contributed by atoms with van der Waals surface area (Å²) in [6.45, 7) is 10.3. The molecule has 1 heterocycles. The van der Waals surface area contributed by atoms with Gasteiger partial charge in [-0.15, -0.1) is 24.0 Å². The number of alkyl halides is 3. The van der Waals surface area contributed by atoms with Crippen molar-refractivity contribution in [2.24, 2.45) is 16.3 Å². The van der Waals surface area contributed by atoms with Gasteiger partial charge in [0.2, 0.25) is 0 Å². The maximum Gasteiger partial charge on any atom is 0.401 e. The highest BCUT2D eigenvalue weighted by atomic mass is 127. The molecule has 5 nitrogen and oxygen atoms in total. The van der Waals surface area contributed by atoms with E-state index in [1.807, 2.05) is 0 Å². The van der Waals surface area contributed by atoms with E-state index in [0.29, 0.717) is 19.6 Å². The van der Waals surface area contributed by atoms with Gasteiger partial charge < -0.3 is 15.0 Å². The Kier molecular flexibility index (Phi) is 11.5. The molecule has 0 aliphatic carbocycles. The molecule has 2 unspecified atom stereocenters. The summed E-state index contributed by atoms with van der Waals surface area (Å²) in [4.78, 5) is 7.94. The van der Waals surface area contributed by atoms with E-state index in [2.05, 4.69) is 36.0 Å². The fourth-order valence-corrected chi connectivity index (χ4v) is 3.36. The zero-order valence-electron chi connectivity index (χ0n) is 17.4. The summed E-state index contributed by atoms with van der Waals surface area (Å²) < 4.78 is 43.5. The van der Waals surface area contributed by atoms with E-state index in [9.17, 15) is 13.2 Å². The minimum atomic E-state index is -4.14. The van der Waals surface area contributed by atoms with Crippen molar-refractivity contribution in [3.05, 3.63) is 0 Å². The lowest BCUT2D eigenvalue weighted by Gasteiger charge is -2.31. The SMILES string of the molecule is CCN(CC1CCN(C(=NC)NCC(OC)C(C)(C)C)C1)CC(F)(F)F.I. The highest BCUT2D eigenvalue weighted by Crippen LogP contribution is 2.23. The molecule has 1 saturated heterocycles. The second-order valence-electron chi connectivity index (χ2n) is 8.06. The first kappa shape index (κ1) is 26.7. The number of nitrogens with zero attached hydrogens (tertiary/aromatic N) is 3. The molecule has 1 fully saturated rings. The van der Waals surface area contributed by atoms with Crippen LogP contribution in [-0.4, -0.2) is 81.5 Å². The molecule has 1 aliphatic heterocycles. The van der Waals surface area contributed by atoms with Crippen LogP contribution >= 0.6 is 24.0 Å². The first-order valence-corrected chi connectivity index (χ1v) is 9.27. The van der Waals surface area contributed by atoms with Gasteiger partial charge in [-0.1, -0.05) is 27.7 Å². The fourth-order valence-electron chi connectivity index (χ4n) is 3.36. The minimum Gasteiger partial charge on any atom is -0.379 e. The molecule has 0 aromatic carbocycles. The Morgan fingerprint density at radius 1 is 1.33 bits per heavy atom. The molecular weight excluding hydrogens is 472 g/mol. The number of ether oxygens (including phenoxy) is 1. The van der Waals surface area contributed by atoms with E-state index < -0.39 is 12.7 Å². The number of methoxy groups -OCH3 is 1. The molecule has 162 valence electrons. The lowest BCUT2D eigenvalue weighted by Crippen LogP contribution is -2.46. The second kappa shape index (κ2) is 11.6. The smallest absolute Gasteiger partial charge is 0.379 e. The van der Waals surface area contributed by atoms with Gasteiger partial charge >= 0.3 is 6.18 Å². The van der Waals surface area contributed by atoms with Crippen LogP contribution in [0.3, 0.4) is 0 Å². The molecule has 0 aromatic rings. The lowest BCUT2D eigenvalue weighted by molar-refractivity contribution is -0.146. The Balaban J connectivity index is 0.00000676. The average molecular weight is 508 g/mol. The number of rotatable bonds is 7. The largest absolute Gasteiger partial charge is 0.401 e. The van der Waals surface area contributed by atoms with Gasteiger partial charge in [-0.2, -0.15) is 13.2 Å². The standard InChI is InChI=1S/C18H35F3N4O.HI/c1-7-24(13-18(19,20)21)11-14-8-9-25(12-14)16(22-5)23-10-15(26-6)17(2,3)4;/h14-15H,7-13H2,1-6H3,(H,22,23);1H. The predicted octanol–water partition coefficient (Wildman–Crippen LogP) is 3.45. The summed E-state index contributed by atoms with van der Waals surface area (Å²) in [6.07, 6.45) is -3.23. The molecule has 2 atom stereocenters. The molecule has 0 amide bonds. The number of nitrogens with one attached hydrogen (secondary N) is 1. The maximum atomic E-state index is 12.6. The molecule has 0 radical (unpaired) electrons. The lowest BCUT2D eigenvalue weighted by atomic mass is 9.89. The van der Waals surface area contributed by atoms with Crippen molar-refractivity contribution in [1.29, 1.82) is 0 Å². The molecule has 27 heavy (non-hydrogen) atoms. The van der Waals surface area contributed by atoms with Crippen LogP contribution in [0.25, 0.3) is 0 Å². The summed E-state index contributed by atoms with van der Waals surface area (Å²) in [6, 6.07) is 0. The quantitative estimate of drug-likeness (QED) is 0.325. The number of hydrogen-bond donors (Lipinski definition) is 1. The monoisotopic (exact) mass is 508 g/mol. The summed E-state index contributed by atoms with van der Waals surface area (Å²) in [5.41, 5.74) is 0.00731. The van der Waals surface area contributed by atoms with E-state index >= 15 is 0 Å². The van der Waals surface area contributed by atoms with E-state index in [1.165, 1.54) is 4.90 Å². The summed E-state index contributed by atoms with van der Waals surface area (Å²) >= 11 is 0. The Morgan fingerprint density at radius 3 is 2.41 bits per heavy atom. The molecule has 0 spiro atoms. The van der Waals surface area contributed by atoms with Gasteiger partial charge in [0, 0.05) is 40.3 Å². The molecule has 1 aliphatic rings. The third-order valence-corrected chi connectivity index (χ3v) is 4.86. The Hall–Kier alpha value is -0.290. The predicted molar refractivity (Wildman–Crippen MR) is 115 cm³/mol. The fraction of sp³-hybridized carbons (Fsp3) is 0.944. The molecule has 0 aromatic heterocycles. The Labute approximate surface area is 179 Å². The summed E-state index contributed by atoms with van der Waals surface area (Å²) in [5, 5.41) is 3.35. The van der Waals surface area contributed by atoms with Gasteiger partial charge in [0.1, 0.15) is 0 Å². The van der Waals surface area contributed by atoms with Gasteiger partial charge in [-0.05, 0) is 24.3 Å². The number of hydrogen-bond acceptors (Lipinski definition) is 3. The third kappa shape index (κ3) is 9.65. The van der Waals surface area contributed by atoms with Crippen molar-refractivity contribution < 1.29 is 17.9 Å². The van der Waals surface area contributed by atoms with E-state index in [-0.39, 0.29) is 41.4 Å². The molecule has 9 heteroatoms. The molecule has 1 N–H and O–H groups in total. The minimum absolute atomic E-state index is 0. The van der Waals surface area contributed by atoms with Crippen LogP contribution in [0, 0.1) is 11.3 Å². The molecule has 0 bridgehead atoms. The van der Waals surface area contributed by atoms with Crippen LogP contribution in [0.15, 0.2) is 4.99 Å². The van der Waals surface area contributed by atoms with Crippen LogP contribution in [0.1, 0.15) is 34.1 Å². The van der Waals surface area contributed by atoms with Gasteiger partial charge in [-0.3, -0.25) is 9.89 Å². The maximum absolute atomic E-state index is 12.6. The number of likely N-dealkylation sites (tertiary alicyclic amines) is 1. The van der Waals surface area contributed by atoms with Gasteiger partial charge in [0.25, 0.3) is 0 Å². The van der Waals surface area contributed by atoms with Gasteiger partial charge in [-0.25, -0.2) is 0 Å².